The fourth-order valence-corrected chi connectivity index (χ4v) is 0. The molecule has 0 fully saturated rings. The molecule has 4 heteroatoms. The fourth-order valence-electron chi connectivity index (χ4n) is 0. The van der Waals surface area contributed by atoms with Gasteiger partial charge in [-0.1, -0.05) is 13.8 Å². The van der Waals surface area contributed by atoms with Crippen LogP contribution in [0.15, 0.2) is 0 Å². The summed E-state index contributed by atoms with van der Waals surface area (Å²) in [6, 6.07) is 0. The Morgan fingerprint density at radius 3 is 1.33 bits per heavy atom. The molecular formula is C2H14AsFeNaS-2. The summed E-state index contributed by atoms with van der Waals surface area (Å²) in [5, 5.41) is 0. The van der Waals surface area contributed by atoms with Crippen LogP contribution in [0, 0.1) is 0 Å². The van der Waals surface area contributed by atoms with Crippen LogP contribution in [0.5, 0.6) is 0 Å². The van der Waals surface area contributed by atoms with Gasteiger partial charge in [-0.25, -0.2) is 0 Å². The Morgan fingerprint density at radius 1 is 1.33 bits per heavy atom. The number of hydrogen-bond donors (Lipinski definition) is 0. The van der Waals surface area contributed by atoms with Gasteiger partial charge in [0.1, 0.15) is 0 Å². The van der Waals surface area contributed by atoms with Gasteiger partial charge < -0.3 is 4.28 Å². The van der Waals surface area contributed by atoms with Gasteiger partial charge in [-0.3, -0.25) is 0 Å². The molecule has 0 radical (unpaired) electrons. The second kappa shape index (κ2) is 52.1. The standard InChI is InChI=1S/C2H6.AsH3.Fe.Na.H2S.3H/c1-2;;;;;;;/h1-2H3;1H3;;;1H2;;;/q;;;+1;;3*-1/i;;;;;2*1+2;. The Labute approximate surface area is 95.2 Å². The number of hydrogen-bond acceptors (Lipinski definition) is 0. The smallest absolute Gasteiger partial charge is 1.00 e. The fraction of sp³-hybridized carbons (Fsp3) is 1.00. The minimum Gasteiger partial charge on any atom is -1.00 e. The zero-order valence-electron chi connectivity index (χ0n) is 7.56. The molecule has 0 heterocycles. The van der Waals surface area contributed by atoms with Gasteiger partial charge in [-0.2, -0.15) is 13.5 Å². The molecule has 0 spiro atoms. The molecule has 6 heavy (non-hydrogen) atoms. The van der Waals surface area contributed by atoms with Crippen molar-refractivity contribution in [3.05, 3.63) is 0 Å². The van der Waals surface area contributed by atoms with Crippen molar-refractivity contribution < 1.29 is 50.9 Å². The van der Waals surface area contributed by atoms with Gasteiger partial charge in [0.2, 0.25) is 0 Å². The maximum atomic E-state index is 2.00. The molecule has 0 rings (SSSR count). The Hall–Kier alpha value is 2.43. The van der Waals surface area contributed by atoms with Crippen LogP contribution in [-0.4, -0.2) is 18.0 Å². The first-order valence-electron chi connectivity index (χ1n) is 1.00. The van der Waals surface area contributed by atoms with E-state index in [1.807, 2.05) is 13.8 Å². The summed E-state index contributed by atoms with van der Waals surface area (Å²) in [5.74, 6) is 0. The van der Waals surface area contributed by atoms with Crippen LogP contribution >= 0.6 is 13.5 Å². The quantitative estimate of drug-likeness (QED) is 0.395. The molecule has 1 unspecified atom stereocenters. The minimum absolute atomic E-state index is 0. The van der Waals surface area contributed by atoms with Gasteiger partial charge in [0.15, 0.2) is 0 Å². The van der Waals surface area contributed by atoms with Crippen LogP contribution < -0.4 is 29.6 Å². The van der Waals surface area contributed by atoms with E-state index in [4.69, 9.17) is 0 Å². The van der Waals surface area contributed by atoms with E-state index in [1.165, 1.54) is 0 Å². The van der Waals surface area contributed by atoms with E-state index in [9.17, 15) is 0 Å². The first-order valence-corrected chi connectivity index (χ1v) is 1.00. The summed E-state index contributed by atoms with van der Waals surface area (Å²) in [6.07, 6.45) is 0. The first kappa shape index (κ1) is 39.6. The molecule has 0 aromatic heterocycles. The Balaban J connectivity index is -0.000000000238. The van der Waals surface area contributed by atoms with Crippen LogP contribution in [0.25, 0.3) is 0 Å². The third-order valence-corrected chi connectivity index (χ3v) is 0. The van der Waals surface area contributed by atoms with Crippen LogP contribution in [0.4, 0.5) is 0 Å². The first-order chi connectivity index (χ1) is 1.00. The molecule has 44 valence electrons. The van der Waals surface area contributed by atoms with Crippen molar-refractivity contribution in [2.45, 2.75) is 13.8 Å². The van der Waals surface area contributed by atoms with Gasteiger partial charge in [0.05, 0.1) is 0 Å². The molecule has 0 N–H and O–H groups in total. The van der Waals surface area contributed by atoms with Crippen LogP contribution in [0.1, 0.15) is 18.1 Å². The average Bonchev–Trinajstić information content (AvgIpc) is 1.00. The van der Waals surface area contributed by atoms with Gasteiger partial charge in [0, 0.05) is 17.1 Å². The molecule has 0 aliphatic carbocycles. The van der Waals surface area contributed by atoms with Gasteiger partial charge in [0.25, 0.3) is 0 Å². The Kier molecular flexibility index (Phi) is 343. The van der Waals surface area contributed by atoms with E-state index in [0.717, 1.165) is 0 Å². The minimum atomic E-state index is 0. The molecule has 1 atom stereocenters. The molecule has 0 saturated carbocycles. The molecule has 0 aliphatic rings. The summed E-state index contributed by atoms with van der Waals surface area (Å²) in [5.41, 5.74) is 0. The predicted molar refractivity (Wildman–Crippen MR) is 35.0 cm³/mol. The molecule has 0 nitrogen and oxygen atoms in total. The maximum Gasteiger partial charge on any atom is 1.00 e. The van der Waals surface area contributed by atoms with Gasteiger partial charge >= 0.3 is 47.5 Å². The molecule has 0 aliphatic heterocycles. The second-order valence-corrected chi connectivity index (χ2v) is 0. The topological polar surface area (TPSA) is 0 Å². The Bertz CT molecular complexity index is 21.8. The number of rotatable bonds is 0. The average molecular weight is 228 g/mol. The third-order valence-electron chi connectivity index (χ3n) is 0. The largest absolute Gasteiger partial charge is 1.00 e. The zero-order chi connectivity index (χ0) is 2.00. The Morgan fingerprint density at radius 2 is 1.33 bits per heavy atom. The molecular weight excluding hydrogens is 210 g/mol. The molecule has 0 aromatic rings. The van der Waals surface area contributed by atoms with E-state index in [-0.39, 0.29) is 82.4 Å². The summed E-state index contributed by atoms with van der Waals surface area (Å²) in [4.78, 5) is 0. The maximum absolute atomic E-state index is 2.00. The van der Waals surface area contributed by atoms with Crippen molar-refractivity contribution in [3.63, 3.8) is 0 Å². The van der Waals surface area contributed by atoms with Crippen molar-refractivity contribution in [1.82, 2.24) is 0 Å². The van der Waals surface area contributed by atoms with Gasteiger partial charge in [-0.15, -0.1) is 0 Å². The van der Waals surface area contributed by atoms with Crippen molar-refractivity contribution in [2.75, 3.05) is 0 Å². The van der Waals surface area contributed by atoms with Crippen molar-refractivity contribution in [3.8, 4) is 0 Å². The summed E-state index contributed by atoms with van der Waals surface area (Å²) in [6.45, 7) is 4.00. The summed E-state index contributed by atoms with van der Waals surface area (Å²) in [7, 11) is 0. The van der Waals surface area contributed by atoms with Crippen LogP contribution in [0.3, 0.4) is 0 Å². The summed E-state index contributed by atoms with van der Waals surface area (Å²) < 4.78 is 0. The van der Waals surface area contributed by atoms with E-state index in [0.29, 0.717) is 0 Å². The van der Waals surface area contributed by atoms with E-state index in [1.54, 1.807) is 0 Å². The van der Waals surface area contributed by atoms with E-state index >= 15 is 0 Å². The van der Waals surface area contributed by atoms with E-state index < -0.39 is 0 Å². The molecule has 0 aromatic carbocycles. The van der Waals surface area contributed by atoms with Crippen molar-refractivity contribution in [1.29, 1.82) is 0 Å². The van der Waals surface area contributed by atoms with Crippen LogP contribution in [-0.2, 0) is 17.1 Å². The van der Waals surface area contributed by atoms with Crippen molar-refractivity contribution >= 4 is 31.4 Å². The normalized spacial score (nSPS) is 1.00. The second-order valence-electron chi connectivity index (χ2n) is 0. The van der Waals surface area contributed by atoms with Crippen molar-refractivity contribution in [2.24, 2.45) is 0 Å². The predicted octanol–water partition coefficient (Wildman–Crippen LogP) is -2.71. The van der Waals surface area contributed by atoms with E-state index in [2.05, 4.69) is 0 Å². The third kappa shape index (κ3) is 32.1. The monoisotopic (exact) mass is 228 g/mol. The zero-order valence-corrected chi connectivity index (χ0v) is 11.6. The molecule has 0 bridgehead atoms. The SMILES string of the molecule is CC.S.[3H-].[3H-].[AsH3].[Fe].[H-].[Na+]. The summed E-state index contributed by atoms with van der Waals surface area (Å²) >= 11 is 0. The van der Waals surface area contributed by atoms with Gasteiger partial charge in [-0.05, 0) is 0 Å². The molecule has 0 saturated heterocycles. The molecule has 0 amide bonds. The van der Waals surface area contributed by atoms with Crippen LogP contribution in [0.2, 0.25) is 0 Å².